The highest BCUT2D eigenvalue weighted by Gasteiger charge is 2.04. The molecule has 1 rings (SSSR count). The van der Waals surface area contributed by atoms with Gasteiger partial charge in [0.1, 0.15) is 0 Å². The fraction of sp³-hybridized carbons (Fsp3) is 0.462. The van der Waals surface area contributed by atoms with Gasteiger partial charge >= 0.3 is 5.97 Å². The molecular weight excluding hydrogens is 234 g/mol. The molecule has 0 aromatic carbocycles. The maximum atomic E-state index is 10.4. The first-order chi connectivity index (χ1) is 8.15. The maximum Gasteiger partial charge on any atom is 0.328 e. The van der Waals surface area contributed by atoms with Crippen LogP contribution in [-0.4, -0.2) is 29.1 Å². The van der Waals surface area contributed by atoms with Gasteiger partial charge in [0.05, 0.1) is 0 Å². The third kappa shape index (κ3) is 5.15. The van der Waals surface area contributed by atoms with Crippen molar-refractivity contribution in [1.29, 1.82) is 0 Å². The average molecular weight is 253 g/mol. The smallest absolute Gasteiger partial charge is 0.328 e. The Morgan fingerprint density at radius 2 is 2.24 bits per heavy atom. The number of carboxylic acids is 1. The largest absolute Gasteiger partial charge is 0.478 e. The Bertz CT molecular complexity index is 385. The third-order valence-electron chi connectivity index (χ3n) is 2.44. The Balaban J connectivity index is 2.58. The molecule has 0 aliphatic carbocycles. The summed E-state index contributed by atoms with van der Waals surface area (Å²) < 4.78 is 0. The van der Waals surface area contributed by atoms with Gasteiger partial charge in [-0.2, -0.15) is 0 Å². The zero-order valence-electron chi connectivity index (χ0n) is 10.3. The number of aliphatic carboxylic acids is 1. The van der Waals surface area contributed by atoms with E-state index in [1.165, 1.54) is 11.0 Å². The first kappa shape index (κ1) is 13.9. The lowest BCUT2D eigenvalue weighted by molar-refractivity contribution is -0.131. The molecule has 1 aromatic heterocycles. The van der Waals surface area contributed by atoms with Gasteiger partial charge in [0.25, 0.3) is 0 Å². The summed E-state index contributed by atoms with van der Waals surface area (Å²) in [6.45, 7) is 7.45. The summed E-state index contributed by atoms with van der Waals surface area (Å²) >= 11 is 1.65. The minimum atomic E-state index is -0.902. The van der Waals surface area contributed by atoms with E-state index in [9.17, 15) is 4.79 Å². The van der Waals surface area contributed by atoms with Gasteiger partial charge in [-0.1, -0.05) is 13.8 Å². The van der Waals surface area contributed by atoms with E-state index in [2.05, 4.69) is 24.8 Å². The molecule has 0 radical (unpaired) electrons. The number of rotatable bonds is 7. The number of carboxylic acid groups (broad SMARTS) is 1. The standard InChI is InChI=1S/C13H19NO2S/c1-3-9-14(4-2)10-12-6-5-11(17-12)7-8-13(15)16/h5-8H,3-4,9-10H2,1-2H3,(H,15,16). The molecular formula is C13H19NO2S. The van der Waals surface area contributed by atoms with Gasteiger partial charge in [-0.25, -0.2) is 4.79 Å². The van der Waals surface area contributed by atoms with Crippen LogP contribution in [0.2, 0.25) is 0 Å². The fourth-order valence-electron chi connectivity index (χ4n) is 1.61. The summed E-state index contributed by atoms with van der Waals surface area (Å²) in [5, 5.41) is 8.54. The molecule has 3 nitrogen and oxygen atoms in total. The van der Waals surface area contributed by atoms with Gasteiger partial charge in [-0.05, 0) is 37.7 Å². The Morgan fingerprint density at radius 1 is 1.47 bits per heavy atom. The molecule has 0 atom stereocenters. The second-order valence-electron chi connectivity index (χ2n) is 3.84. The van der Waals surface area contributed by atoms with E-state index in [1.54, 1.807) is 17.4 Å². The molecule has 0 bridgehead atoms. The molecule has 0 unspecified atom stereocenters. The van der Waals surface area contributed by atoms with E-state index >= 15 is 0 Å². The van der Waals surface area contributed by atoms with Crippen molar-refractivity contribution in [1.82, 2.24) is 4.90 Å². The van der Waals surface area contributed by atoms with E-state index in [0.717, 1.165) is 30.9 Å². The lowest BCUT2D eigenvalue weighted by Gasteiger charge is -2.18. The summed E-state index contributed by atoms with van der Waals surface area (Å²) in [5.74, 6) is -0.902. The van der Waals surface area contributed by atoms with Crippen LogP contribution >= 0.6 is 11.3 Å². The van der Waals surface area contributed by atoms with Crippen molar-refractivity contribution in [2.24, 2.45) is 0 Å². The van der Waals surface area contributed by atoms with Crippen LogP contribution in [0.15, 0.2) is 18.2 Å². The zero-order chi connectivity index (χ0) is 12.7. The number of hydrogen-bond donors (Lipinski definition) is 1. The zero-order valence-corrected chi connectivity index (χ0v) is 11.2. The minimum Gasteiger partial charge on any atom is -0.478 e. The van der Waals surface area contributed by atoms with E-state index in [1.807, 2.05) is 6.07 Å². The highest BCUT2D eigenvalue weighted by atomic mass is 32.1. The Kier molecular flexibility index (Phi) is 5.94. The molecule has 0 amide bonds. The van der Waals surface area contributed by atoms with Gasteiger partial charge in [-0.15, -0.1) is 11.3 Å². The molecule has 94 valence electrons. The highest BCUT2D eigenvalue weighted by molar-refractivity contribution is 7.12. The Labute approximate surface area is 106 Å². The first-order valence-corrected chi connectivity index (χ1v) is 6.69. The van der Waals surface area contributed by atoms with Crippen LogP contribution in [0.1, 0.15) is 30.0 Å². The summed E-state index contributed by atoms with van der Waals surface area (Å²) in [4.78, 5) is 15.1. The molecule has 0 saturated carbocycles. The number of carbonyl (C=O) groups is 1. The molecule has 0 fully saturated rings. The summed E-state index contributed by atoms with van der Waals surface area (Å²) in [7, 11) is 0. The van der Waals surface area contributed by atoms with E-state index in [4.69, 9.17) is 5.11 Å². The molecule has 4 heteroatoms. The van der Waals surface area contributed by atoms with Gasteiger partial charge in [0.15, 0.2) is 0 Å². The molecule has 1 N–H and O–H groups in total. The van der Waals surface area contributed by atoms with Crippen molar-refractivity contribution >= 4 is 23.4 Å². The second kappa shape index (κ2) is 7.25. The molecule has 0 spiro atoms. The molecule has 1 heterocycles. The quantitative estimate of drug-likeness (QED) is 0.759. The topological polar surface area (TPSA) is 40.5 Å². The van der Waals surface area contributed by atoms with E-state index < -0.39 is 5.97 Å². The van der Waals surface area contributed by atoms with Crippen LogP contribution in [0.25, 0.3) is 6.08 Å². The van der Waals surface area contributed by atoms with Gasteiger partial charge < -0.3 is 5.11 Å². The third-order valence-corrected chi connectivity index (χ3v) is 3.47. The van der Waals surface area contributed by atoms with E-state index in [-0.39, 0.29) is 0 Å². The van der Waals surface area contributed by atoms with Crippen LogP contribution < -0.4 is 0 Å². The van der Waals surface area contributed by atoms with Crippen LogP contribution in [-0.2, 0) is 11.3 Å². The van der Waals surface area contributed by atoms with Crippen LogP contribution in [0.4, 0.5) is 0 Å². The molecule has 0 aliphatic rings. The monoisotopic (exact) mass is 253 g/mol. The van der Waals surface area contributed by atoms with Gasteiger partial charge in [-0.3, -0.25) is 4.90 Å². The number of hydrogen-bond acceptors (Lipinski definition) is 3. The van der Waals surface area contributed by atoms with Crippen LogP contribution in [0.3, 0.4) is 0 Å². The first-order valence-electron chi connectivity index (χ1n) is 5.87. The van der Waals surface area contributed by atoms with Gasteiger partial charge in [0, 0.05) is 22.4 Å². The predicted octanol–water partition coefficient (Wildman–Crippen LogP) is 3.08. The molecule has 0 saturated heterocycles. The average Bonchev–Trinajstić information content (AvgIpc) is 2.73. The van der Waals surface area contributed by atoms with Crippen molar-refractivity contribution in [2.45, 2.75) is 26.8 Å². The molecule has 0 aliphatic heterocycles. The SMILES string of the molecule is CCCN(CC)Cc1ccc(C=CC(=O)O)s1. The Morgan fingerprint density at radius 3 is 2.82 bits per heavy atom. The molecule has 17 heavy (non-hydrogen) atoms. The number of nitrogens with zero attached hydrogens (tertiary/aromatic N) is 1. The Hall–Kier alpha value is -1.13. The summed E-state index contributed by atoms with van der Waals surface area (Å²) in [6, 6.07) is 4.05. The predicted molar refractivity (Wildman–Crippen MR) is 72.2 cm³/mol. The second-order valence-corrected chi connectivity index (χ2v) is 5.04. The van der Waals surface area contributed by atoms with Crippen molar-refractivity contribution in [3.63, 3.8) is 0 Å². The van der Waals surface area contributed by atoms with Crippen molar-refractivity contribution in [3.05, 3.63) is 28.0 Å². The van der Waals surface area contributed by atoms with Crippen molar-refractivity contribution in [2.75, 3.05) is 13.1 Å². The van der Waals surface area contributed by atoms with Gasteiger partial charge in [0.2, 0.25) is 0 Å². The molecule has 1 aromatic rings. The minimum absolute atomic E-state index is 0.902. The van der Waals surface area contributed by atoms with Crippen LogP contribution in [0.5, 0.6) is 0 Å². The van der Waals surface area contributed by atoms with Crippen LogP contribution in [0, 0.1) is 0 Å². The summed E-state index contributed by atoms with van der Waals surface area (Å²) in [5.41, 5.74) is 0. The number of thiophene rings is 1. The lowest BCUT2D eigenvalue weighted by Crippen LogP contribution is -2.22. The van der Waals surface area contributed by atoms with Crippen molar-refractivity contribution in [3.8, 4) is 0 Å². The summed E-state index contributed by atoms with van der Waals surface area (Å²) in [6.07, 6.45) is 3.98. The lowest BCUT2D eigenvalue weighted by atomic mass is 10.3. The maximum absolute atomic E-state index is 10.4. The normalized spacial score (nSPS) is 11.5. The van der Waals surface area contributed by atoms with Crippen molar-refractivity contribution < 1.29 is 9.90 Å². The van der Waals surface area contributed by atoms with E-state index in [0.29, 0.717) is 0 Å². The highest BCUT2D eigenvalue weighted by Crippen LogP contribution is 2.19. The fourth-order valence-corrected chi connectivity index (χ4v) is 2.57.